The molecule has 0 bridgehead atoms. The van der Waals surface area contributed by atoms with Gasteiger partial charge in [-0.2, -0.15) is 0 Å². The average Bonchev–Trinajstić information content (AvgIpc) is 3.23. The number of methoxy groups -OCH3 is 1. The fourth-order valence-corrected chi connectivity index (χ4v) is 3.68. The van der Waals surface area contributed by atoms with Gasteiger partial charge in [0, 0.05) is 29.1 Å². The van der Waals surface area contributed by atoms with Crippen LogP contribution in [-0.2, 0) is 6.61 Å². The van der Waals surface area contributed by atoms with Gasteiger partial charge in [-0.15, -0.1) is 0 Å². The van der Waals surface area contributed by atoms with Crippen LogP contribution in [0.3, 0.4) is 0 Å². The van der Waals surface area contributed by atoms with E-state index in [1.165, 1.54) is 6.07 Å². The lowest BCUT2D eigenvalue weighted by Crippen LogP contribution is -2.00. The first kappa shape index (κ1) is 19.3. The van der Waals surface area contributed by atoms with Gasteiger partial charge in [0.05, 0.1) is 12.1 Å². The van der Waals surface area contributed by atoms with Crippen molar-refractivity contribution < 1.29 is 23.4 Å². The molecule has 31 heavy (non-hydrogen) atoms. The van der Waals surface area contributed by atoms with Crippen LogP contribution < -0.4 is 24.6 Å². The molecule has 1 aromatic heterocycles. The third-order valence-corrected chi connectivity index (χ3v) is 5.40. The van der Waals surface area contributed by atoms with Gasteiger partial charge in [-0.1, -0.05) is 23.7 Å². The molecule has 1 aliphatic rings. The minimum atomic E-state index is -0.436. The second kappa shape index (κ2) is 7.89. The van der Waals surface area contributed by atoms with E-state index >= 15 is 0 Å². The monoisotopic (exact) mass is 436 g/mol. The maximum atomic E-state index is 12.2. The minimum absolute atomic E-state index is 0.177. The van der Waals surface area contributed by atoms with E-state index in [1.54, 1.807) is 25.3 Å². The van der Waals surface area contributed by atoms with Crippen molar-refractivity contribution in [2.45, 2.75) is 6.61 Å². The molecule has 4 aromatic rings. The largest absolute Gasteiger partial charge is 0.497 e. The summed E-state index contributed by atoms with van der Waals surface area (Å²) in [6.45, 7) is 0.402. The fraction of sp³-hybridized carbons (Fsp3) is 0.125. The summed E-state index contributed by atoms with van der Waals surface area (Å²) in [4.78, 5) is 12.2. The van der Waals surface area contributed by atoms with E-state index in [1.807, 2.05) is 36.4 Å². The van der Waals surface area contributed by atoms with Gasteiger partial charge in [-0.05, 0) is 41.5 Å². The number of hydrogen-bond acceptors (Lipinski definition) is 6. The highest BCUT2D eigenvalue weighted by atomic mass is 35.5. The molecule has 7 heteroatoms. The Morgan fingerprint density at radius 3 is 2.45 bits per heavy atom. The van der Waals surface area contributed by atoms with Crippen LogP contribution in [0.4, 0.5) is 0 Å². The van der Waals surface area contributed by atoms with E-state index in [2.05, 4.69) is 0 Å². The maximum Gasteiger partial charge on any atom is 0.336 e. The summed E-state index contributed by atoms with van der Waals surface area (Å²) >= 11 is 6.32. The Balaban J connectivity index is 1.44. The summed E-state index contributed by atoms with van der Waals surface area (Å²) in [5.41, 5.74) is 2.43. The molecule has 5 rings (SSSR count). The highest BCUT2D eigenvalue weighted by molar-refractivity contribution is 6.31. The number of hydrogen-bond donors (Lipinski definition) is 0. The van der Waals surface area contributed by atoms with Gasteiger partial charge in [-0.25, -0.2) is 4.79 Å². The van der Waals surface area contributed by atoms with E-state index < -0.39 is 5.63 Å². The summed E-state index contributed by atoms with van der Waals surface area (Å²) in [6.07, 6.45) is 0. The maximum absolute atomic E-state index is 12.2. The number of rotatable bonds is 5. The standard InChI is InChI=1S/C24H17ClO6/c1-27-16-4-2-14(3-5-16)19-10-24(26)31-21-9-17(6-7-18(19)21)28-12-15-8-22-23(11-20(15)25)30-13-29-22/h2-11H,12-13H2,1H3. The SMILES string of the molecule is COc1ccc(-c2cc(=O)oc3cc(OCc4cc5c(cc4Cl)OCO5)ccc23)cc1. The van der Waals surface area contributed by atoms with Crippen molar-refractivity contribution in [1.82, 2.24) is 0 Å². The van der Waals surface area contributed by atoms with Crippen molar-refractivity contribution in [3.8, 4) is 34.1 Å². The zero-order valence-corrected chi connectivity index (χ0v) is 17.3. The zero-order valence-electron chi connectivity index (χ0n) is 16.5. The van der Waals surface area contributed by atoms with Crippen LogP contribution in [0, 0.1) is 0 Å². The molecular formula is C24H17ClO6. The molecule has 1 aliphatic heterocycles. The van der Waals surface area contributed by atoms with Crippen LogP contribution in [0.25, 0.3) is 22.1 Å². The first-order chi connectivity index (χ1) is 15.1. The second-order valence-electron chi connectivity index (χ2n) is 6.95. The van der Waals surface area contributed by atoms with Crippen molar-refractivity contribution >= 4 is 22.6 Å². The molecule has 3 aromatic carbocycles. The summed E-state index contributed by atoms with van der Waals surface area (Å²) < 4.78 is 27.2. The Bertz CT molecular complexity index is 1330. The van der Waals surface area contributed by atoms with Crippen molar-refractivity contribution in [1.29, 1.82) is 0 Å². The van der Waals surface area contributed by atoms with Crippen molar-refractivity contribution in [3.05, 3.63) is 81.7 Å². The molecule has 0 aliphatic carbocycles. The van der Waals surface area contributed by atoms with Crippen LogP contribution in [0.2, 0.25) is 5.02 Å². The zero-order chi connectivity index (χ0) is 21.4. The lowest BCUT2D eigenvalue weighted by Gasteiger charge is -2.11. The highest BCUT2D eigenvalue weighted by Gasteiger charge is 2.17. The quantitative estimate of drug-likeness (QED) is 0.389. The Kier molecular flexibility index (Phi) is 4.92. The first-order valence-corrected chi connectivity index (χ1v) is 9.92. The smallest absolute Gasteiger partial charge is 0.336 e. The molecule has 0 amide bonds. The van der Waals surface area contributed by atoms with E-state index in [0.29, 0.717) is 27.9 Å². The van der Waals surface area contributed by atoms with Crippen LogP contribution in [0.1, 0.15) is 5.56 Å². The number of benzene rings is 3. The normalized spacial score (nSPS) is 12.2. The predicted octanol–water partition coefficient (Wildman–Crippen LogP) is 5.43. The van der Waals surface area contributed by atoms with E-state index in [0.717, 1.165) is 27.8 Å². The minimum Gasteiger partial charge on any atom is -0.497 e. The molecule has 2 heterocycles. The van der Waals surface area contributed by atoms with Crippen LogP contribution in [0.15, 0.2) is 69.9 Å². The van der Waals surface area contributed by atoms with Gasteiger partial charge in [0.1, 0.15) is 23.7 Å². The van der Waals surface area contributed by atoms with Crippen LogP contribution >= 0.6 is 11.6 Å². The third-order valence-electron chi connectivity index (χ3n) is 5.05. The first-order valence-electron chi connectivity index (χ1n) is 9.54. The van der Waals surface area contributed by atoms with Gasteiger partial charge in [0.2, 0.25) is 6.79 Å². The van der Waals surface area contributed by atoms with Crippen molar-refractivity contribution in [3.63, 3.8) is 0 Å². The molecule has 0 N–H and O–H groups in total. The number of ether oxygens (including phenoxy) is 4. The summed E-state index contributed by atoms with van der Waals surface area (Å²) in [6, 6.07) is 17.9. The molecule has 0 atom stereocenters. The molecule has 0 unspecified atom stereocenters. The average molecular weight is 437 g/mol. The Morgan fingerprint density at radius 1 is 0.935 bits per heavy atom. The molecule has 0 saturated heterocycles. The van der Waals surface area contributed by atoms with Crippen molar-refractivity contribution in [2.75, 3.05) is 13.9 Å². The van der Waals surface area contributed by atoms with Gasteiger partial charge in [0.15, 0.2) is 11.5 Å². The molecule has 6 nitrogen and oxygen atoms in total. The number of halogens is 1. The Hall–Kier alpha value is -3.64. The van der Waals surface area contributed by atoms with E-state index in [9.17, 15) is 4.79 Å². The van der Waals surface area contributed by atoms with Crippen LogP contribution in [-0.4, -0.2) is 13.9 Å². The molecular weight excluding hydrogens is 420 g/mol. The Morgan fingerprint density at radius 2 is 1.68 bits per heavy atom. The highest BCUT2D eigenvalue weighted by Crippen LogP contribution is 2.37. The third kappa shape index (κ3) is 3.78. The van der Waals surface area contributed by atoms with Gasteiger partial charge < -0.3 is 23.4 Å². The summed E-state index contributed by atoms with van der Waals surface area (Å²) in [7, 11) is 1.61. The van der Waals surface area contributed by atoms with Crippen LogP contribution in [0.5, 0.6) is 23.0 Å². The summed E-state index contributed by atoms with van der Waals surface area (Å²) in [5, 5.41) is 1.33. The fourth-order valence-electron chi connectivity index (χ4n) is 3.47. The van der Waals surface area contributed by atoms with Gasteiger partial charge in [0.25, 0.3) is 0 Å². The molecule has 0 radical (unpaired) electrons. The predicted molar refractivity (Wildman–Crippen MR) is 116 cm³/mol. The topological polar surface area (TPSA) is 67.1 Å². The van der Waals surface area contributed by atoms with E-state index in [-0.39, 0.29) is 13.4 Å². The summed E-state index contributed by atoms with van der Waals surface area (Å²) in [5.74, 6) is 2.55. The lowest BCUT2D eigenvalue weighted by molar-refractivity contribution is 0.174. The van der Waals surface area contributed by atoms with Gasteiger partial charge in [-0.3, -0.25) is 0 Å². The molecule has 156 valence electrons. The Labute approximate surface area is 182 Å². The second-order valence-corrected chi connectivity index (χ2v) is 7.36. The van der Waals surface area contributed by atoms with E-state index in [4.69, 9.17) is 35.0 Å². The number of fused-ring (bicyclic) bond motifs is 2. The van der Waals surface area contributed by atoms with Crippen molar-refractivity contribution in [2.24, 2.45) is 0 Å². The lowest BCUT2D eigenvalue weighted by atomic mass is 10.0. The molecule has 0 saturated carbocycles. The van der Waals surface area contributed by atoms with Gasteiger partial charge >= 0.3 is 5.63 Å². The molecule has 0 fully saturated rings. The molecule has 0 spiro atoms.